The van der Waals surface area contributed by atoms with Crippen LogP contribution >= 0.6 is 11.6 Å². The highest BCUT2D eigenvalue weighted by atomic mass is 35.5. The summed E-state index contributed by atoms with van der Waals surface area (Å²) in [7, 11) is 0. The third-order valence-electron chi connectivity index (χ3n) is 9.44. The smallest absolute Gasteiger partial charge is 0.337 e. The Morgan fingerprint density at radius 3 is 2.58 bits per heavy atom. The number of hydrogen-bond donors (Lipinski definition) is 1. The van der Waals surface area contributed by atoms with Gasteiger partial charge in [-0.1, -0.05) is 29.8 Å². The number of nitrogens with zero attached hydrogens (tertiary/aromatic N) is 4. The van der Waals surface area contributed by atoms with E-state index in [0.717, 1.165) is 60.1 Å². The Morgan fingerprint density at radius 1 is 1.12 bits per heavy atom. The molecule has 256 valence electrons. The van der Waals surface area contributed by atoms with Crippen LogP contribution in [-0.2, 0) is 14.3 Å². The van der Waals surface area contributed by atoms with Crippen LogP contribution in [0.3, 0.4) is 0 Å². The van der Waals surface area contributed by atoms with Crippen molar-refractivity contribution in [2.75, 3.05) is 24.6 Å². The molecule has 0 spiro atoms. The van der Waals surface area contributed by atoms with Gasteiger partial charge in [0.25, 0.3) is 0 Å². The molecule has 5 heterocycles. The van der Waals surface area contributed by atoms with Crippen LogP contribution in [0, 0.1) is 13.8 Å². The number of carboxylic acids is 1. The van der Waals surface area contributed by atoms with E-state index in [4.69, 9.17) is 35.9 Å². The second kappa shape index (κ2) is 13.3. The Morgan fingerprint density at radius 2 is 1.88 bits per heavy atom. The molecule has 4 aromatic rings. The molecule has 48 heavy (non-hydrogen) atoms. The van der Waals surface area contributed by atoms with E-state index >= 15 is 0 Å². The van der Waals surface area contributed by atoms with Gasteiger partial charge >= 0.3 is 5.97 Å². The summed E-state index contributed by atoms with van der Waals surface area (Å²) in [6.07, 6.45) is 3.18. The van der Waals surface area contributed by atoms with E-state index in [2.05, 4.69) is 37.8 Å². The lowest BCUT2D eigenvalue weighted by Gasteiger charge is -2.41. The fourth-order valence-corrected chi connectivity index (χ4v) is 7.10. The Bertz CT molecular complexity index is 1820. The Balaban J connectivity index is 1.56. The zero-order chi connectivity index (χ0) is 34.4. The number of hydrogen-bond acceptors (Lipinski definition) is 7. The number of benzene rings is 2. The van der Waals surface area contributed by atoms with E-state index in [1.807, 2.05) is 58.0 Å². The number of aromatic nitrogens is 3. The first-order valence-electron chi connectivity index (χ1n) is 17.0. The van der Waals surface area contributed by atoms with Crippen molar-refractivity contribution in [3.05, 3.63) is 64.3 Å². The number of aliphatic carboxylic acids is 1. The number of anilines is 1. The summed E-state index contributed by atoms with van der Waals surface area (Å²) in [6.45, 7) is 15.8. The maximum atomic E-state index is 12.8. The van der Waals surface area contributed by atoms with Gasteiger partial charge in [0.15, 0.2) is 11.8 Å². The number of ether oxygens (including phenoxy) is 3. The summed E-state index contributed by atoms with van der Waals surface area (Å²) in [5.41, 5.74) is 5.24. The van der Waals surface area contributed by atoms with Crippen molar-refractivity contribution in [2.45, 2.75) is 104 Å². The normalized spacial score (nSPS) is 21.2. The zero-order valence-electron chi connectivity index (χ0n) is 29.1. The van der Waals surface area contributed by atoms with E-state index in [1.165, 1.54) is 0 Å². The van der Waals surface area contributed by atoms with Gasteiger partial charge < -0.3 is 24.2 Å². The van der Waals surface area contributed by atoms with Crippen LogP contribution in [0.1, 0.15) is 89.6 Å². The predicted molar refractivity (Wildman–Crippen MR) is 189 cm³/mol. The topological polar surface area (TPSA) is 98.4 Å². The van der Waals surface area contributed by atoms with Gasteiger partial charge in [-0.3, -0.25) is 0 Å². The molecule has 6 bridgehead atoms. The maximum Gasteiger partial charge on any atom is 0.337 e. The molecular weight excluding hydrogens is 628 g/mol. The fourth-order valence-electron chi connectivity index (χ4n) is 6.83. The third-order valence-corrected chi connectivity index (χ3v) is 9.76. The summed E-state index contributed by atoms with van der Waals surface area (Å²) < 4.78 is 21.1. The second-order valence-electron chi connectivity index (χ2n) is 14.5. The predicted octanol–water partition coefficient (Wildman–Crippen LogP) is 8.60. The molecule has 0 aliphatic carbocycles. The van der Waals surface area contributed by atoms with Crippen molar-refractivity contribution in [1.82, 2.24) is 14.6 Å². The lowest BCUT2D eigenvalue weighted by molar-refractivity contribution is -0.160. The van der Waals surface area contributed by atoms with Crippen LogP contribution in [0.5, 0.6) is 5.75 Å². The van der Waals surface area contributed by atoms with Crippen molar-refractivity contribution < 1.29 is 24.1 Å². The largest absolute Gasteiger partial charge is 0.490 e. The average Bonchev–Trinajstić information content (AvgIpc) is 3.43. The summed E-state index contributed by atoms with van der Waals surface area (Å²) in [4.78, 5) is 20.0. The fraction of sp³-hybridized carbons (Fsp3) is 0.500. The number of fused-ring (bicyclic) bond motifs is 8. The van der Waals surface area contributed by atoms with Gasteiger partial charge in [0.1, 0.15) is 11.6 Å². The van der Waals surface area contributed by atoms with E-state index in [0.29, 0.717) is 53.1 Å². The van der Waals surface area contributed by atoms with E-state index < -0.39 is 17.7 Å². The molecular formula is C38H47ClN4O5. The number of piperidine rings is 1. The number of rotatable bonds is 3. The molecule has 3 aliphatic heterocycles. The molecule has 0 amide bonds. The first kappa shape index (κ1) is 34.2. The Kier molecular flexibility index (Phi) is 9.50. The van der Waals surface area contributed by atoms with Gasteiger partial charge in [-0.15, -0.1) is 0 Å². The van der Waals surface area contributed by atoms with Crippen LogP contribution in [0.2, 0.25) is 5.02 Å². The minimum Gasteiger partial charge on any atom is -0.490 e. The van der Waals surface area contributed by atoms with E-state index in [-0.39, 0.29) is 11.7 Å². The number of carboxylic acid groups (broad SMARTS) is 1. The molecule has 2 atom stereocenters. The molecule has 1 saturated heterocycles. The number of carbonyl (C=O) groups is 1. The summed E-state index contributed by atoms with van der Waals surface area (Å²) in [6, 6.07) is 14.0. The zero-order valence-corrected chi connectivity index (χ0v) is 29.9. The third kappa shape index (κ3) is 7.05. The molecule has 3 aliphatic rings. The van der Waals surface area contributed by atoms with Crippen molar-refractivity contribution in [3.63, 3.8) is 0 Å². The summed E-state index contributed by atoms with van der Waals surface area (Å²) >= 11 is 6.88. The lowest BCUT2D eigenvalue weighted by Crippen LogP contribution is -2.46. The molecule has 10 heteroatoms. The number of aryl methyl sites for hydroxylation is 2. The molecule has 2 aromatic heterocycles. The first-order valence-corrected chi connectivity index (χ1v) is 17.4. The maximum absolute atomic E-state index is 12.8. The molecule has 1 N–H and O–H groups in total. The van der Waals surface area contributed by atoms with Gasteiger partial charge in [0, 0.05) is 42.6 Å². The van der Waals surface area contributed by atoms with E-state index in [9.17, 15) is 9.90 Å². The van der Waals surface area contributed by atoms with Crippen LogP contribution in [0.4, 0.5) is 5.82 Å². The van der Waals surface area contributed by atoms with Crippen molar-refractivity contribution >= 4 is 29.0 Å². The molecule has 0 radical (unpaired) electrons. The minimum absolute atomic E-state index is 0.00684. The Labute approximate surface area is 288 Å². The van der Waals surface area contributed by atoms with Crippen LogP contribution in [0.15, 0.2) is 42.5 Å². The van der Waals surface area contributed by atoms with Gasteiger partial charge in [0.2, 0.25) is 0 Å². The summed E-state index contributed by atoms with van der Waals surface area (Å²) in [5.74, 6) is 0.376. The molecule has 1 fully saturated rings. The highest BCUT2D eigenvalue weighted by molar-refractivity contribution is 6.33. The average molecular weight is 675 g/mol. The monoisotopic (exact) mass is 674 g/mol. The lowest BCUT2D eigenvalue weighted by atomic mass is 9.92. The SMILES string of the molecule is Cc1ccc2cc1-c1c(Cl)cccc1OC(C)CCCCOC1(C)CCN(CC1)c1c(C(OC(C)(C)C)C(=O)O)c(C)nc3cc-2nn13. The minimum atomic E-state index is -1.23. The molecule has 0 saturated carbocycles. The molecule has 2 unspecified atom stereocenters. The summed E-state index contributed by atoms with van der Waals surface area (Å²) in [5, 5.41) is 16.2. The van der Waals surface area contributed by atoms with Crippen molar-refractivity contribution in [3.8, 4) is 28.1 Å². The number of halogens is 1. The second-order valence-corrected chi connectivity index (χ2v) is 14.9. The molecule has 2 aromatic carbocycles. The van der Waals surface area contributed by atoms with Gasteiger partial charge in [-0.2, -0.15) is 9.61 Å². The standard InChI is InChI=1S/C38H47ClN4O5/c1-23-14-15-26-21-27(23)33-28(39)12-10-13-30(33)47-24(2)11-8-9-20-46-38(7)16-18-42(19-17-38)35-32(34(36(44)45)48-37(4,5)6)25(3)40-31-22-29(26)41-43(31)35/h10,12-15,21-22,24,34H,8-9,11,16-20H2,1-7H3,(H,44,45). The molecule has 9 nitrogen and oxygen atoms in total. The van der Waals surface area contributed by atoms with Crippen LogP contribution in [-0.4, -0.2) is 62.7 Å². The van der Waals surface area contributed by atoms with Crippen LogP contribution < -0.4 is 9.64 Å². The van der Waals surface area contributed by atoms with E-state index in [1.54, 1.807) is 4.52 Å². The highest BCUT2D eigenvalue weighted by Gasteiger charge is 2.38. The molecule has 7 rings (SSSR count). The quantitative estimate of drug-likeness (QED) is 0.231. The van der Waals surface area contributed by atoms with Gasteiger partial charge in [-0.25, -0.2) is 9.78 Å². The van der Waals surface area contributed by atoms with Gasteiger partial charge in [0.05, 0.1) is 33.6 Å². The van der Waals surface area contributed by atoms with Crippen molar-refractivity contribution in [1.29, 1.82) is 0 Å². The van der Waals surface area contributed by atoms with Gasteiger partial charge in [-0.05, 0) is 110 Å². The first-order chi connectivity index (χ1) is 22.7. The van der Waals surface area contributed by atoms with Crippen molar-refractivity contribution in [2.24, 2.45) is 0 Å². The Hall–Kier alpha value is -3.66. The highest BCUT2D eigenvalue weighted by Crippen LogP contribution is 2.42. The van der Waals surface area contributed by atoms with Crippen LogP contribution in [0.25, 0.3) is 28.0 Å².